The summed E-state index contributed by atoms with van der Waals surface area (Å²) in [7, 11) is 0. The van der Waals surface area contributed by atoms with Gasteiger partial charge in [-0.1, -0.05) is 12.1 Å². The third-order valence-corrected chi connectivity index (χ3v) is 6.59. The van der Waals surface area contributed by atoms with Crippen LogP contribution in [0.25, 0.3) is 0 Å². The van der Waals surface area contributed by atoms with Crippen LogP contribution < -0.4 is 15.5 Å². The van der Waals surface area contributed by atoms with Gasteiger partial charge in [-0.2, -0.15) is 0 Å². The number of piperazine rings is 3. The van der Waals surface area contributed by atoms with Gasteiger partial charge in [-0.15, -0.1) is 24.0 Å². The van der Waals surface area contributed by atoms with Gasteiger partial charge in [-0.05, 0) is 41.4 Å². The van der Waals surface area contributed by atoms with Gasteiger partial charge in [-0.25, -0.2) is 0 Å². The Balaban J connectivity index is 0.00000225. The molecule has 28 heavy (non-hydrogen) atoms. The average Bonchev–Trinajstić information content (AvgIpc) is 3.16. The molecule has 156 valence electrons. The minimum atomic E-state index is 0. The first-order valence-corrected chi connectivity index (χ1v) is 11.0. The van der Waals surface area contributed by atoms with E-state index >= 15 is 0 Å². The Bertz CT molecular complexity index is 664. The Morgan fingerprint density at radius 3 is 2.61 bits per heavy atom. The molecule has 6 nitrogen and oxygen atoms in total. The fourth-order valence-electron chi connectivity index (χ4n) is 4.41. The maximum absolute atomic E-state index is 4.93. The smallest absolute Gasteiger partial charge is 0.191 e. The zero-order valence-corrected chi connectivity index (χ0v) is 20.5. The lowest BCUT2D eigenvalue weighted by Crippen LogP contribution is -2.62. The van der Waals surface area contributed by atoms with E-state index in [0.29, 0.717) is 12.1 Å². The second-order valence-corrected chi connectivity index (χ2v) is 8.59. The molecule has 4 saturated heterocycles. The van der Waals surface area contributed by atoms with E-state index in [0.717, 1.165) is 38.6 Å². The lowest BCUT2D eigenvalue weighted by molar-refractivity contribution is 0.0174. The summed E-state index contributed by atoms with van der Waals surface area (Å²) < 4.78 is 1.17. The summed E-state index contributed by atoms with van der Waals surface area (Å²) in [5, 5.41) is 7.11. The third-order valence-electron chi connectivity index (χ3n) is 5.92. The molecule has 0 amide bonds. The van der Waals surface area contributed by atoms with E-state index in [1.807, 2.05) is 0 Å². The molecule has 5 rings (SSSR count). The number of anilines is 1. The van der Waals surface area contributed by atoms with E-state index in [2.05, 4.69) is 72.5 Å². The summed E-state index contributed by atoms with van der Waals surface area (Å²) in [6.07, 6.45) is 1.13. The lowest BCUT2D eigenvalue weighted by Gasteiger charge is -2.47. The molecule has 0 saturated carbocycles. The Labute approximate surface area is 194 Å². The highest BCUT2D eigenvalue weighted by Gasteiger charge is 2.31. The zero-order chi connectivity index (χ0) is 18.6. The number of hydrogen-bond donors (Lipinski definition) is 2. The second kappa shape index (κ2) is 10.4. The van der Waals surface area contributed by atoms with Crippen LogP contribution in [0.4, 0.5) is 5.69 Å². The first-order valence-electron chi connectivity index (χ1n) is 10.2. The normalized spacial score (nSPS) is 29.5. The topological polar surface area (TPSA) is 46.1 Å². The molecule has 2 bridgehead atoms. The quantitative estimate of drug-likeness (QED) is 0.327. The van der Waals surface area contributed by atoms with E-state index in [1.54, 1.807) is 0 Å². The van der Waals surface area contributed by atoms with Crippen LogP contribution in [-0.2, 0) is 0 Å². The maximum atomic E-state index is 4.93. The molecular weight excluding hydrogens is 531 g/mol. The summed E-state index contributed by atoms with van der Waals surface area (Å²) in [6, 6.07) is 9.48. The Hall–Kier alpha value is -0.580. The molecule has 0 radical (unpaired) electrons. The van der Waals surface area contributed by atoms with Crippen LogP contribution in [0.3, 0.4) is 0 Å². The first kappa shape index (κ1) is 22.1. The van der Waals surface area contributed by atoms with Crippen molar-refractivity contribution in [2.24, 2.45) is 4.99 Å². The molecule has 4 heterocycles. The van der Waals surface area contributed by atoms with Gasteiger partial charge in [0.1, 0.15) is 0 Å². The van der Waals surface area contributed by atoms with Crippen molar-refractivity contribution in [3.05, 3.63) is 28.7 Å². The summed E-state index contributed by atoms with van der Waals surface area (Å²) in [5.74, 6) is 0.967. The fraction of sp³-hybridized carbons (Fsp3) is 0.650. The molecule has 0 spiro atoms. The van der Waals surface area contributed by atoms with Crippen LogP contribution in [0.5, 0.6) is 0 Å². The monoisotopic (exact) mass is 562 g/mol. The van der Waals surface area contributed by atoms with Gasteiger partial charge in [0.15, 0.2) is 5.96 Å². The molecule has 4 aliphatic rings. The largest absolute Gasteiger partial charge is 0.368 e. The van der Waals surface area contributed by atoms with Crippen molar-refractivity contribution in [2.45, 2.75) is 25.4 Å². The molecule has 0 aliphatic carbocycles. The van der Waals surface area contributed by atoms with E-state index in [4.69, 9.17) is 4.99 Å². The van der Waals surface area contributed by atoms with E-state index in [-0.39, 0.29) is 24.0 Å². The summed E-state index contributed by atoms with van der Waals surface area (Å²) in [4.78, 5) is 12.6. The molecular formula is C20H32BrIN6. The summed E-state index contributed by atoms with van der Waals surface area (Å²) in [6.45, 7) is 12.0. The van der Waals surface area contributed by atoms with Gasteiger partial charge >= 0.3 is 0 Å². The van der Waals surface area contributed by atoms with Crippen LogP contribution in [0, 0.1) is 0 Å². The highest BCUT2D eigenvalue weighted by atomic mass is 127. The number of benzene rings is 1. The number of aliphatic imine (C=N–C) groups is 1. The number of fused-ring (bicyclic) bond motifs is 3. The number of rotatable bonds is 5. The lowest BCUT2D eigenvalue weighted by atomic mass is 10.1. The van der Waals surface area contributed by atoms with Crippen molar-refractivity contribution >= 4 is 51.6 Å². The van der Waals surface area contributed by atoms with Crippen LogP contribution in [0.15, 0.2) is 33.7 Å². The van der Waals surface area contributed by atoms with Gasteiger partial charge < -0.3 is 15.5 Å². The molecule has 2 unspecified atom stereocenters. The second-order valence-electron chi connectivity index (χ2n) is 7.74. The molecule has 0 aromatic heterocycles. The predicted molar refractivity (Wildman–Crippen MR) is 131 cm³/mol. The number of hydrogen-bond acceptors (Lipinski definition) is 4. The van der Waals surface area contributed by atoms with Crippen LogP contribution in [0.2, 0.25) is 0 Å². The molecule has 8 heteroatoms. The summed E-state index contributed by atoms with van der Waals surface area (Å²) >= 11 is 3.68. The summed E-state index contributed by atoms with van der Waals surface area (Å²) in [5.41, 5.74) is 1.28. The number of halogens is 2. The van der Waals surface area contributed by atoms with Gasteiger partial charge in [0.25, 0.3) is 0 Å². The molecule has 2 atom stereocenters. The Kier molecular flexibility index (Phi) is 8.25. The molecule has 4 aliphatic heterocycles. The van der Waals surface area contributed by atoms with Gasteiger partial charge in [0, 0.05) is 68.9 Å². The molecule has 4 fully saturated rings. The molecule has 1 aromatic rings. The molecule has 1 aromatic carbocycles. The van der Waals surface area contributed by atoms with Crippen molar-refractivity contribution in [3.63, 3.8) is 0 Å². The van der Waals surface area contributed by atoms with Gasteiger partial charge in [0.05, 0.1) is 12.2 Å². The minimum Gasteiger partial charge on any atom is -0.368 e. The standard InChI is InChI=1S/C20H31BrN6.HI/c1-2-22-20(23-13-17-15-25-9-11-26(17)12-10-25)24-16-7-8-27(14-16)19-6-4-3-5-18(19)21;/h3-6,16-17H,2,7-15H2,1H3,(H2,22,23,24);1H. The predicted octanol–water partition coefficient (Wildman–Crippen LogP) is 2.20. The van der Waals surface area contributed by atoms with Crippen LogP contribution in [-0.4, -0.2) is 86.7 Å². The minimum absolute atomic E-state index is 0. The Morgan fingerprint density at radius 1 is 1.14 bits per heavy atom. The van der Waals surface area contributed by atoms with Crippen molar-refractivity contribution in [3.8, 4) is 0 Å². The van der Waals surface area contributed by atoms with Gasteiger partial charge in [0.2, 0.25) is 0 Å². The zero-order valence-electron chi connectivity index (χ0n) is 16.6. The Morgan fingerprint density at radius 2 is 1.93 bits per heavy atom. The number of nitrogens with zero attached hydrogens (tertiary/aromatic N) is 4. The number of para-hydroxylation sites is 1. The number of guanidine groups is 1. The SMILES string of the molecule is CCNC(=NCC1CN2CCN1CC2)NC1CCN(c2ccccc2Br)C1.I. The van der Waals surface area contributed by atoms with Crippen molar-refractivity contribution in [1.82, 2.24) is 20.4 Å². The third kappa shape index (κ3) is 5.31. The highest BCUT2D eigenvalue weighted by Crippen LogP contribution is 2.28. The van der Waals surface area contributed by atoms with Crippen LogP contribution >= 0.6 is 39.9 Å². The first-order chi connectivity index (χ1) is 13.2. The van der Waals surface area contributed by atoms with Crippen molar-refractivity contribution in [1.29, 1.82) is 0 Å². The highest BCUT2D eigenvalue weighted by molar-refractivity contribution is 14.0. The van der Waals surface area contributed by atoms with Gasteiger partial charge in [-0.3, -0.25) is 14.8 Å². The van der Waals surface area contributed by atoms with E-state index in [9.17, 15) is 0 Å². The van der Waals surface area contributed by atoms with Crippen molar-refractivity contribution in [2.75, 3.05) is 63.8 Å². The average molecular weight is 563 g/mol. The molecule has 2 N–H and O–H groups in total. The van der Waals surface area contributed by atoms with E-state index in [1.165, 1.54) is 42.9 Å². The number of nitrogens with one attached hydrogen (secondary N) is 2. The maximum Gasteiger partial charge on any atom is 0.191 e. The van der Waals surface area contributed by atoms with E-state index < -0.39 is 0 Å². The van der Waals surface area contributed by atoms with Crippen molar-refractivity contribution < 1.29 is 0 Å². The fourth-order valence-corrected chi connectivity index (χ4v) is 4.95. The van der Waals surface area contributed by atoms with Crippen LogP contribution in [0.1, 0.15) is 13.3 Å².